The van der Waals surface area contributed by atoms with Gasteiger partial charge in [0.25, 0.3) is 0 Å². The number of carbonyl (C=O) groups is 1. The van der Waals surface area contributed by atoms with Gasteiger partial charge in [0.05, 0.1) is 40.9 Å². The number of hydrogen-bond acceptors (Lipinski definition) is 8. The van der Waals surface area contributed by atoms with Crippen molar-refractivity contribution in [1.29, 1.82) is 5.26 Å². The normalized spacial score (nSPS) is 14.3. The molecule has 0 atom stereocenters. The average Bonchev–Trinajstić information content (AvgIpc) is 3.48. The summed E-state index contributed by atoms with van der Waals surface area (Å²) in [7, 11) is 0. The molecule has 0 N–H and O–H groups in total. The summed E-state index contributed by atoms with van der Waals surface area (Å²) in [6.07, 6.45) is 7.51. The van der Waals surface area contributed by atoms with Crippen LogP contribution in [0.25, 0.3) is 16.9 Å². The maximum absolute atomic E-state index is 13.2. The fourth-order valence-corrected chi connectivity index (χ4v) is 5.08. The predicted molar refractivity (Wildman–Crippen MR) is 159 cm³/mol. The molecular weight excluding hydrogens is 512 g/mol. The maximum atomic E-state index is 13.2. The molecule has 0 amide bonds. The van der Waals surface area contributed by atoms with Gasteiger partial charge in [-0.2, -0.15) is 5.26 Å². The highest BCUT2D eigenvalue weighted by molar-refractivity contribution is 5.97. The van der Waals surface area contributed by atoms with E-state index in [0.29, 0.717) is 11.6 Å². The lowest BCUT2D eigenvalue weighted by Crippen LogP contribution is -2.48. The third kappa shape index (κ3) is 6.18. The molecule has 9 heteroatoms. The Morgan fingerprint density at radius 3 is 2.59 bits per heavy atom. The predicted octanol–water partition coefficient (Wildman–Crippen LogP) is 4.79. The number of Topliss-reactive ketones (excluding diaryl/α,β-unsaturated/α-hetero) is 1. The van der Waals surface area contributed by atoms with E-state index in [1.165, 1.54) is 0 Å². The molecule has 0 radical (unpaired) electrons. The van der Waals surface area contributed by atoms with E-state index in [-0.39, 0.29) is 12.2 Å². The van der Waals surface area contributed by atoms with E-state index in [1.54, 1.807) is 16.9 Å². The van der Waals surface area contributed by atoms with Crippen LogP contribution in [0.3, 0.4) is 0 Å². The number of nitriles is 1. The first kappa shape index (κ1) is 28.1. The minimum Gasteiger partial charge on any atom is -0.368 e. The summed E-state index contributed by atoms with van der Waals surface area (Å²) in [6.45, 7) is 14.1. The van der Waals surface area contributed by atoms with E-state index in [4.69, 9.17) is 0 Å². The molecule has 0 aliphatic carbocycles. The van der Waals surface area contributed by atoms with Crippen LogP contribution in [0.2, 0.25) is 0 Å². The highest BCUT2D eigenvalue weighted by Crippen LogP contribution is 2.26. The van der Waals surface area contributed by atoms with Gasteiger partial charge >= 0.3 is 0 Å². The standard InChI is InChI=1S/C32H36N8O/c1-22(2)38-9-11-39(12-10-38)28-16-26(18-34-19-28)29-20-40(37-36-29)30-13-24(17-35-23(30)3)14-31(41)25-7-6-8-27(15-25)32(4,5)21-33/h6-8,13,15-20,22H,9-12,14H2,1-5H3. The van der Waals surface area contributed by atoms with Crippen molar-refractivity contribution in [3.05, 3.63) is 83.6 Å². The van der Waals surface area contributed by atoms with Crippen molar-refractivity contribution in [2.24, 2.45) is 0 Å². The first-order valence-corrected chi connectivity index (χ1v) is 14.0. The molecule has 3 aromatic heterocycles. The van der Waals surface area contributed by atoms with Crippen LogP contribution in [-0.4, -0.2) is 67.9 Å². The molecule has 4 heterocycles. The van der Waals surface area contributed by atoms with Gasteiger partial charge in [-0.1, -0.05) is 23.4 Å². The van der Waals surface area contributed by atoms with Crippen LogP contribution in [0.1, 0.15) is 54.9 Å². The number of aryl methyl sites for hydroxylation is 1. The first-order valence-electron chi connectivity index (χ1n) is 14.0. The van der Waals surface area contributed by atoms with Gasteiger partial charge in [0.1, 0.15) is 5.69 Å². The topological polar surface area (TPSA) is 104 Å². The van der Waals surface area contributed by atoms with Crippen LogP contribution in [-0.2, 0) is 11.8 Å². The molecule has 1 fully saturated rings. The highest BCUT2D eigenvalue weighted by Gasteiger charge is 2.22. The average molecular weight is 549 g/mol. The second kappa shape index (κ2) is 11.6. The zero-order valence-electron chi connectivity index (χ0n) is 24.4. The molecule has 0 bridgehead atoms. The van der Waals surface area contributed by atoms with Gasteiger partial charge in [-0.15, -0.1) is 5.10 Å². The molecule has 0 unspecified atom stereocenters. The zero-order chi connectivity index (χ0) is 29.1. The third-order valence-corrected chi connectivity index (χ3v) is 7.84. The number of nitrogens with zero attached hydrogens (tertiary/aromatic N) is 8. The first-order chi connectivity index (χ1) is 19.6. The van der Waals surface area contributed by atoms with Crippen LogP contribution in [0.5, 0.6) is 0 Å². The number of anilines is 1. The number of ketones is 1. The number of piperazine rings is 1. The monoisotopic (exact) mass is 548 g/mol. The van der Waals surface area contributed by atoms with E-state index in [1.807, 2.05) is 63.6 Å². The van der Waals surface area contributed by atoms with E-state index < -0.39 is 5.41 Å². The van der Waals surface area contributed by atoms with Crippen LogP contribution < -0.4 is 4.90 Å². The summed E-state index contributed by atoms with van der Waals surface area (Å²) in [5, 5.41) is 18.3. The Balaban J connectivity index is 1.33. The quantitative estimate of drug-likeness (QED) is 0.290. The molecule has 1 aliphatic rings. The number of aromatic nitrogens is 5. The number of carbonyl (C=O) groups excluding carboxylic acids is 1. The Morgan fingerprint density at radius 1 is 1.07 bits per heavy atom. The lowest BCUT2D eigenvalue weighted by Gasteiger charge is -2.38. The van der Waals surface area contributed by atoms with Crippen molar-refractivity contribution in [3.63, 3.8) is 0 Å². The lowest BCUT2D eigenvalue weighted by molar-refractivity contribution is 0.0992. The third-order valence-electron chi connectivity index (χ3n) is 7.84. The Bertz CT molecular complexity index is 1590. The SMILES string of the molecule is Cc1ncc(CC(=O)c2cccc(C(C)(C)C#N)c2)cc1-n1cc(-c2cncc(N3CCN(C(C)C)CC3)c2)nn1. The molecule has 1 aliphatic heterocycles. The number of benzene rings is 1. The number of rotatable bonds is 8. The van der Waals surface area contributed by atoms with Gasteiger partial charge in [-0.3, -0.25) is 19.7 Å². The molecular formula is C32H36N8O. The van der Waals surface area contributed by atoms with Crippen molar-refractivity contribution in [2.45, 2.75) is 52.5 Å². The summed E-state index contributed by atoms with van der Waals surface area (Å²) in [5.74, 6) is -0.0337. The summed E-state index contributed by atoms with van der Waals surface area (Å²) >= 11 is 0. The lowest BCUT2D eigenvalue weighted by atomic mass is 9.85. The minimum absolute atomic E-state index is 0.0337. The molecule has 0 spiro atoms. The second-order valence-corrected chi connectivity index (χ2v) is 11.5. The molecule has 1 aromatic carbocycles. The maximum Gasteiger partial charge on any atom is 0.167 e. The molecule has 9 nitrogen and oxygen atoms in total. The molecule has 41 heavy (non-hydrogen) atoms. The summed E-state index contributed by atoms with van der Waals surface area (Å²) in [5.41, 5.74) is 5.76. The molecule has 4 aromatic rings. The van der Waals surface area contributed by atoms with Gasteiger partial charge < -0.3 is 4.90 Å². The fraction of sp³-hybridized carbons (Fsp3) is 0.375. The fourth-order valence-electron chi connectivity index (χ4n) is 5.08. The Kier molecular flexibility index (Phi) is 7.95. The van der Waals surface area contributed by atoms with Gasteiger partial charge in [0.2, 0.25) is 0 Å². The van der Waals surface area contributed by atoms with Crippen LogP contribution in [0.15, 0.2) is 61.2 Å². The molecule has 5 rings (SSSR count). The van der Waals surface area contributed by atoms with Gasteiger partial charge in [-0.25, -0.2) is 4.68 Å². The largest absolute Gasteiger partial charge is 0.368 e. The Morgan fingerprint density at radius 2 is 1.85 bits per heavy atom. The van der Waals surface area contributed by atoms with E-state index in [0.717, 1.165) is 65.6 Å². The van der Waals surface area contributed by atoms with Crippen molar-refractivity contribution >= 4 is 11.5 Å². The second-order valence-electron chi connectivity index (χ2n) is 11.5. The summed E-state index contributed by atoms with van der Waals surface area (Å²) in [4.78, 5) is 27.0. The highest BCUT2D eigenvalue weighted by atomic mass is 16.1. The minimum atomic E-state index is -0.669. The van der Waals surface area contributed by atoms with Crippen LogP contribution in [0, 0.1) is 18.3 Å². The van der Waals surface area contributed by atoms with E-state index >= 15 is 0 Å². The zero-order valence-corrected chi connectivity index (χ0v) is 24.4. The van der Waals surface area contributed by atoms with Crippen molar-refractivity contribution < 1.29 is 4.79 Å². The van der Waals surface area contributed by atoms with Crippen LogP contribution >= 0.6 is 0 Å². The van der Waals surface area contributed by atoms with Crippen molar-refractivity contribution in [1.82, 2.24) is 29.9 Å². The van der Waals surface area contributed by atoms with E-state index in [9.17, 15) is 10.1 Å². The van der Waals surface area contributed by atoms with Crippen molar-refractivity contribution in [3.8, 4) is 23.0 Å². The molecule has 1 saturated heterocycles. The van der Waals surface area contributed by atoms with Crippen LogP contribution in [0.4, 0.5) is 5.69 Å². The van der Waals surface area contributed by atoms with Gasteiger partial charge in [0, 0.05) is 62.2 Å². The van der Waals surface area contributed by atoms with Gasteiger partial charge in [0.15, 0.2) is 5.78 Å². The number of pyridine rings is 2. The Hall–Kier alpha value is -4.42. The van der Waals surface area contributed by atoms with Crippen molar-refractivity contribution in [2.75, 3.05) is 31.1 Å². The molecule has 0 saturated carbocycles. The smallest absolute Gasteiger partial charge is 0.167 e. The number of hydrogen-bond donors (Lipinski definition) is 0. The van der Waals surface area contributed by atoms with Gasteiger partial charge in [-0.05, 0) is 63.9 Å². The Labute approximate surface area is 241 Å². The molecule has 210 valence electrons. The van der Waals surface area contributed by atoms with E-state index in [2.05, 4.69) is 56.1 Å². The summed E-state index contributed by atoms with van der Waals surface area (Å²) < 4.78 is 1.70. The summed E-state index contributed by atoms with van der Waals surface area (Å²) in [6, 6.07) is 14.2.